The fourth-order valence-corrected chi connectivity index (χ4v) is 3.72. The Bertz CT molecular complexity index is 588. The van der Waals surface area contributed by atoms with Crippen molar-refractivity contribution in [1.29, 1.82) is 0 Å². The zero-order valence-electron chi connectivity index (χ0n) is 11.1. The average molecular weight is 299 g/mol. The van der Waals surface area contributed by atoms with Crippen LogP contribution >= 0.6 is 0 Å². The molecule has 2 amide bonds. The molecule has 1 atom stereocenters. The predicted octanol–water partition coefficient (Wildman–Crippen LogP) is 0.0765. The maximum atomic E-state index is 11.7. The van der Waals surface area contributed by atoms with Gasteiger partial charge in [-0.1, -0.05) is 0 Å². The number of amides is 2. The summed E-state index contributed by atoms with van der Waals surface area (Å²) < 4.78 is 27.7. The van der Waals surface area contributed by atoms with Crippen molar-refractivity contribution in [1.82, 2.24) is 15.6 Å². The van der Waals surface area contributed by atoms with Crippen molar-refractivity contribution in [2.24, 2.45) is 0 Å². The first-order valence-electron chi connectivity index (χ1n) is 6.23. The molecule has 20 heavy (non-hydrogen) atoms. The molecule has 2 heterocycles. The van der Waals surface area contributed by atoms with Gasteiger partial charge in [-0.25, -0.2) is 13.2 Å². The summed E-state index contributed by atoms with van der Waals surface area (Å²) in [6.07, 6.45) is 2.07. The molecule has 8 heteroatoms. The smallest absolute Gasteiger partial charge is 0.315 e. The molecule has 0 bridgehead atoms. The molecule has 0 spiro atoms. The first kappa shape index (κ1) is 14.6. The number of methoxy groups -OCH3 is 1. The molecule has 1 aliphatic heterocycles. The van der Waals surface area contributed by atoms with E-state index in [1.165, 1.54) is 7.11 Å². The van der Waals surface area contributed by atoms with Gasteiger partial charge in [0.15, 0.2) is 9.84 Å². The number of sulfone groups is 1. The lowest BCUT2D eigenvalue weighted by Gasteiger charge is -2.12. The molecule has 110 valence electrons. The number of urea groups is 1. The number of rotatable bonds is 4. The second-order valence-electron chi connectivity index (χ2n) is 4.58. The van der Waals surface area contributed by atoms with Crippen LogP contribution in [0.2, 0.25) is 0 Å². The summed E-state index contributed by atoms with van der Waals surface area (Å²) in [7, 11) is -1.46. The van der Waals surface area contributed by atoms with Crippen LogP contribution in [-0.4, -0.2) is 44.1 Å². The largest absolute Gasteiger partial charge is 0.495 e. The van der Waals surface area contributed by atoms with E-state index in [-0.39, 0.29) is 24.1 Å². The monoisotopic (exact) mass is 299 g/mol. The van der Waals surface area contributed by atoms with Crippen molar-refractivity contribution >= 4 is 15.9 Å². The summed E-state index contributed by atoms with van der Waals surface area (Å²) in [4.78, 5) is 15.8. The van der Waals surface area contributed by atoms with Crippen LogP contribution in [-0.2, 0) is 16.4 Å². The number of nitrogens with zero attached hydrogens (tertiary/aromatic N) is 1. The van der Waals surface area contributed by atoms with Gasteiger partial charge in [-0.15, -0.1) is 0 Å². The van der Waals surface area contributed by atoms with Gasteiger partial charge < -0.3 is 15.4 Å². The molecule has 1 saturated heterocycles. The van der Waals surface area contributed by atoms with Gasteiger partial charge >= 0.3 is 6.03 Å². The van der Waals surface area contributed by atoms with Crippen molar-refractivity contribution < 1.29 is 17.9 Å². The fourth-order valence-electron chi connectivity index (χ4n) is 2.05. The lowest BCUT2D eigenvalue weighted by molar-refractivity contribution is 0.237. The van der Waals surface area contributed by atoms with E-state index in [9.17, 15) is 13.2 Å². The summed E-state index contributed by atoms with van der Waals surface area (Å²) in [5.74, 6) is 0.732. The number of carbonyl (C=O) groups excluding carboxylic acids is 1. The van der Waals surface area contributed by atoms with E-state index in [0.717, 1.165) is 0 Å². The van der Waals surface area contributed by atoms with Gasteiger partial charge in [-0.2, -0.15) is 0 Å². The Morgan fingerprint density at radius 2 is 2.35 bits per heavy atom. The fraction of sp³-hybridized carbons (Fsp3) is 0.500. The van der Waals surface area contributed by atoms with Crippen molar-refractivity contribution in [2.75, 3.05) is 18.6 Å². The highest BCUT2D eigenvalue weighted by atomic mass is 32.2. The number of nitrogens with one attached hydrogen (secondary N) is 2. The highest BCUT2D eigenvalue weighted by Gasteiger charge is 2.28. The molecule has 1 aliphatic rings. The molecule has 0 radical (unpaired) electrons. The summed E-state index contributed by atoms with van der Waals surface area (Å²) in [5.41, 5.74) is 0.615. The molecule has 7 nitrogen and oxygen atoms in total. The van der Waals surface area contributed by atoms with E-state index in [2.05, 4.69) is 15.6 Å². The predicted molar refractivity (Wildman–Crippen MR) is 73.2 cm³/mol. The van der Waals surface area contributed by atoms with Crippen molar-refractivity contribution in [3.05, 3.63) is 24.0 Å². The normalized spacial score (nSPS) is 20.4. The Morgan fingerprint density at radius 3 is 3.00 bits per heavy atom. The number of ether oxygens (including phenoxy) is 1. The van der Waals surface area contributed by atoms with Crippen molar-refractivity contribution in [3.8, 4) is 5.75 Å². The molecule has 0 aromatic carbocycles. The van der Waals surface area contributed by atoms with Gasteiger partial charge in [0.1, 0.15) is 11.4 Å². The van der Waals surface area contributed by atoms with E-state index >= 15 is 0 Å². The topological polar surface area (TPSA) is 97.4 Å². The van der Waals surface area contributed by atoms with Gasteiger partial charge in [-0.3, -0.25) is 4.98 Å². The van der Waals surface area contributed by atoms with Crippen LogP contribution in [0.4, 0.5) is 4.79 Å². The molecular formula is C12H17N3O4S. The van der Waals surface area contributed by atoms with Crippen LogP contribution in [0.15, 0.2) is 18.3 Å². The summed E-state index contributed by atoms with van der Waals surface area (Å²) >= 11 is 0. The van der Waals surface area contributed by atoms with E-state index in [0.29, 0.717) is 17.9 Å². The van der Waals surface area contributed by atoms with Crippen LogP contribution < -0.4 is 15.4 Å². The summed E-state index contributed by atoms with van der Waals surface area (Å²) in [6, 6.07) is 2.78. The van der Waals surface area contributed by atoms with Crippen LogP contribution in [0.5, 0.6) is 5.75 Å². The van der Waals surface area contributed by atoms with Gasteiger partial charge in [0.25, 0.3) is 0 Å². The number of carbonyl (C=O) groups is 1. The molecular weight excluding hydrogens is 282 g/mol. The maximum absolute atomic E-state index is 11.7. The van der Waals surface area contributed by atoms with E-state index in [1.807, 2.05) is 0 Å². The van der Waals surface area contributed by atoms with Crippen LogP contribution in [0.3, 0.4) is 0 Å². The number of hydrogen-bond acceptors (Lipinski definition) is 5. The highest BCUT2D eigenvalue weighted by molar-refractivity contribution is 7.91. The first-order chi connectivity index (χ1) is 9.50. The maximum Gasteiger partial charge on any atom is 0.315 e. The zero-order valence-corrected chi connectivity index (χ0v) is 11.9. The molecule has 1 aromatic heterocycles. The molecule has 2 rings (SSSR count). The third-order valence-corrected chi connectivity index (χ3v) is 4.82. The quantitative estimate of drug-likeness (QED) is 0.820. The summed E-state index contributed by atoms with van der Waals surface area (Å²) in [6.45, 7) is 0.218. The molecule has 1 aromatic rings. The van der Waals surface area contributed by atoms with Crippen molar-refractivity contribution in [3.63, 3.8) is 0 Å². The second-order valence-corrected chi connectivity index (χ2v) is 6.81. The number of aromatic nitrogens is 1. The summed E-state index contributed by atoms with van der Waals surface area (Å²) in [5, 5.41) is 5.28. The van der Waals surface area contributed by atoms with E-state index < -0.39 is 15.9 Å². The van der Waals surface area contributed by atoms with Crippen LogP contribution in [0.1, 0.15) is 12.1 Å². The molecule has 2 N–H and O–H groups in total. The third kappa shape index (κ3) is 3.83. The lowest BCUT2D eigenvalue weighted by atomic mass is 10.3. The Kier molecular flexibility index (Phi) is 4.43. The Hall–Kier alpha value is -1.83. The van der Waals surface area contributed by atoms with E-state index in [1.54, 1.807) is 18.3 Å². The van der Waals surface area contributed by atoms with E-state index in [4.69, 9.17) is 4.74 Å². The molecule has 1 unspecified atom stereocenters. The lowest BCUT2D eigenvalue weighted by Crippen LogP contribution is -2.42. The standard InChI is InChI=1S/C12H17N3O4S/c1-19-11-3-2-5-13-10(11)7-14-12(16)15-9-4-6-20(17,18)8-9/h2-3,5,9H,4,6-8H2,1H3,(H2,14,15,16). The highest BCUT2D eigenvalue weighted by Crippen LogP contribution is 2.14. The third-order valence-electron chi connectivity index (χ3n) is 3.05. The molecule has 1 fully saturated rings. The number of pyridine rings is 1. The minimum absolute atomic E-state index is 0.00727. The van der Waals surface area contributed by atoms with Gasteiger partial charge in [0, 0.05) is 12.2 Å². The second kappa shape index (κ2) is 6.08. The number of hydrogen-bond donors (Lipinski definition) is 2. The SMILES string of the molecule is COc1cccnc1CNC(=O)NC1CCS(=O)(=O)C1. The van der Waals surface area contributed by atoms with Crippen LogP contribution in [0.25, 0.3) is 0 Å². The van der Waals surface area contributed by atoms with Gasteiger partial charge in [0.2, 0.25) is 0 Å². The van der Waals surface area contributed by atoms with Crippen LogP contribution in [0, 0.1) is 0 Å². The van der Waals surface area contributed by atoms with Gasteiger partial charge in [-0.05, 0) is 18.6 Å². The zero-order chi connectivity index (χ0) is 14.6. The Labute approximate surface area is 117 Å². The first-order valence-corrected chi connectivity index (χ1v) is 8.05. The van der Waals surface area contributed by atoms with Gasteiger partial charge in [0.05, 0.1) is 25.2 Å². The van der Waals surface area contributed by atoms with Crippen molar-refractivity contribution in [2.45, 2.75) is 19.0 Å². The minimum Gasteiger partial charge on any atom is -0.495 e. The molecule has 0 aliphatic carbocycles. The minimum atomic E-state index is -2.99. The Morgan fingerprint density at radius 1 is 1.55 bits per heavy atom. The Balaban J connectivity index is 1.84. The average Bonchev–Trinajstić information content (AvgIpc) is 2.76. The molecule has 0 saturated carbocycles.